The lowest BCUT2D eigenvalue weighted by Gasteiger charge is -2.19. The summed E-state index contributed by atoms with van der Waals surface area (Å²) in [6.07, 6.45) is -1.19. The van der Waals surface area contributed by atoms with Crippen molar-refractivity contribution in [3.63, 3.8) is 0 Å². The number of rotatable bonds is 11. The molecular formula is C14H19O7PS. The zero-order valence-corrected chi connectivity index (χ0v) is 14.0. The Labute approximate surface area is 138 Å². The molecular weight excluding hydrogens is 343 g/mol. The first-order valence-electron chi connectivity index (χ1n) is 6.95. The van der Waals surface area contributed by atoms with Crippen molar-refractivity contribution in [2.24, 2.45) is 0 Å². The maximum absolute atomic E-state index is 12.4. The first-order chi connectivity index (χ1) is 10.9. The van der Waals surface area contributed by atoms with Crippen LogP contribution >= 0.6 is 18.2 Å². The van der Waals surface area contributed by atoms with Crippen LogP contribution in [0.1, 0.15) is 24.8 Å². The van der Waals surface area contributed by atoms with Crippen LogP contribution in [0.3, 0.4) is 0 Å². The summed E-state index contributed by atoms with van der Waals surface area (Å²) in [4.78, 5) is 21.6. The second-order valence-electron chi connectivity index (χ2n) is 4.87. The van der Waals surface area contributed by atoms with Crippen molar-refractivity contribution in [3.8, 4) is 0 Å². The summed E-state index contributed by atoms with van der Waals surface area (Å²) in [5, 5.41) is 17.6. The first-order valence-corrected chi connectivity index (χ1v) is 10.1. The topological polar surface area (TPSA) is 121 Å². The van der Waals surface area contributed by atoms with E-state index in [0.717, 1.165) is 5.56 Å². The zero-order valence-electron chi connectivity index (χ0n) is 12.3. The van der Waals surface area contributed by atoms with Gasteiger partial charge in [0.1, 0.15) is 0 Å². The van der Waals surface area contributed by atoms with Crippen molar-refractivity contribution in [2.75, 3.05) is 6.16 Å². The number of carboxylic acid groups (broad SMARTS) is 2. The van der Waals surface area contributed by atoms with E-state index >= 15 is 0 Å². The summed E-state index contributed by atoms with van der Waals surface area (Å²) in [7, 11) is 0. The van der Waals surface area contributed by atoms with Crippen LogP contribution in [0.5, 0.6) is 0 Å². The van der Waals surface area contributed by atoms with Crippen molar-refractivity contribution < 1.29 is 33.4 Å². The van der Waals surface area contributed by atoms with Crippen LogP contribution in [0.2, 0.25) is 0 Å². The molecule has 0 fully saturated rings. The highest BCUT2D eigenvalue weighted by atomic mass is 32.7. The summed E-state index contributed by atoms with van der Waals surface area (Å²) in [6, 6.07) is 9.44. The molecule has 0 radical (unpaired) electrons. The molecule has 1 aromatic carbocycles. The van der Waals surface area contributed by atoms with Crippen LogP contribution in [0.4, 0.5) is 0 Å². The molecule has 1 aromatic rings. The molecule has 0 aromatic heterocycles. The van der Waals surface area contributed by atoms with Gasteiger partial charge in [0.15, 0.2) is 6.10 Å². The highest BCUT2D eigenvalue weighted by molar-refractivity contribution is 8.53. The van der Waals surface area contributed by atoms with Crippen molar-refractivity contribution >= 4 is 30.2 Å². The van der Waals surface area contributed by atoms with Crippen LogP contribution in [0.25, 0.3) is 0 Å². The van der Waals surface area contributed by atoms with Crippen LogP contribution in [-0.4, -0.2) is 39.0 Å². The minimum Gasteiger partial charge on any atom is -0.481 e. The van der Waals surface area contributed by atoms with E-state index in [1.165, 1.54) is 0 Å². The molecule has 23 heavy (non-hydrogen) atoms. The van der Waals surface area contributed by atoms with Gasteiger partial charge in [-0.25, -0.2) is 4.79 Å². The molecule has 1 rings (SSSR count). The van der Waals surface area contributed by atoms with E-state index < -0.39 is 31.0 Å². The van der Waals surface area contributed by atoms with Gasteiger partial charge in [-0.15, -0.1) is 0 Å². The Bertz CT molecular complexity index is 564. The van der Waals surface area contributed by atoms with Crippen LogP contribution in [0.15, 0.2) is 30.3 Å². The zero-order chi connectivity index (χ0) is 17.3. The number of hydrogen-bond acceptors (Lipinski definition) is 6. The minimum atomic E-state index is -3.61. The monoisotopic (exact) mass is 362 g/mol. The molecule has 0 amide bonds. The van der Waals surface area contributed by atoms with E-state index in [2.05, 4.69) is 0 Å². The predicted octanol–water partition coefficient (Wildman–Crippen LogP) is 3.35. The quantitative estimate of drug-likeness (QED) is 0.405. The number of aliphatic carboxylic acids is 2. The first kappa shape index (κ1) is 19.7. The van der Waals surface area contributed by atoms with Crippen LogP contribution in [-0.2, 0) is 25.1 Å². The summed E-state index contributed by atoms with van der Waals surface area (Å²) < 4.78 is 26.7. The van der Waals surface area contributed by atoms with E-state index in [0.29, 0.717) is 12.8 Å². The summed E-state index contributed by atoms with van der Waals surface area (Å²) in [5.41, 5.74) is 1.03. The normalized spacial score (nSPS) is 14.8. The maximum Gasteiger partial charge on any atom is 0.333 e. The third-order valence-corrected chi connectivity index (χ3v) is 6.29. The van der Waals surface area contributed by atoms with E-state index in [9.17, 15) is 18.7 Å². The van der Waals surface area contributed by atoms with Crippen LogP contribution in [0, 0.1) is 0 Å². The van der Waals surface area contributed by atoms with E-state index in [1.54, 1.807) is 0 Å². The molecule has 2 atom stereocenters. The third kappa shape index (κ3) is 7.65. The standard InChI is InChI=1S/C14H19O7PS/c15-13(16)9-8-12(14(17)18)21-22(19,23-20)10-4-7-11-5-2-1-3-6-11/h1-3,5-6,12,20H,4,7-10H2,(H,15,16)(H,17,18). The number of carboxylic acids is 2. The van der Waals surface area contributed by atoms with Gasteiger partial charge in [-0.2, -0.15) is 0 Å². The van der Waals surface area contributed by atoms with Crippen molar-refractivity contribution in [1.29, 1.82) is 0 Å². The Kier molecular flexibility index (Phi) is 8.33. The molecule has 0 aliphatic heterocycles. The predicted molar refractivity (Wildman–Crippen MR) is 86.8 cm³/mol. The molecule has 3 N–H and O–H groups in total. The summed E-state index contributed by atoms with van der Waals surface area (Å²) in [6.45, 7) is -3.61. The minimum absolute atomic E-state index is 0.0000869. The Morgan fingerprint density at radius 3 is 2.39 bits per heavy atom. The largest absolute Gasteiger partial charge is 0.481 e. The molecule has 0 saturated heterocycles. The van der Waals surface area contributed by atoms with E-state index in [4.69, 9.17) is 14.7 Å². The van der Waals surface area contributed by atoms with E-state index in [1.807, 2.05) is 30.3 Å². The van der Waals surface area contributed by atoms with Gasteiger partial charge in [-0.3, -0.25) is 9.36 Å². The molecule has 0 spiro atoms. The molecule has 128 valence electrons. The number of hydrogen-bond donors (Lipinski definition) is 3. The lowest BCUT2D eigenvalue weighted by Crippen LogP contribution is -2.24. The Morgan fingerprint density at radius 1 is 1.22 bits per heavy atom. The fraction of sp³-hybridized carbons (Fsp3) is 0.429. The molecule has 0 heterocycles. The van der Waals surface area contributed by atoms with Gasteiger partial charge in [0.05, 0.1) is 11.7 Å². The summed E-state index contributed by atoms with van der Waals surface area (Å²) in [5.74, 6) is -2.57. The van der Waals surface area contributed by atoms with Gasteiger partial charge in [-0.1, -0.05) is 30.3 Å². The summed E-state index contributed by atoms with van der Waals surface area (Å²) >= 11 is 0.00993. The Morgan fingerprint density at radius 2 is 1.87 bits per heavy atom. The average molecular weight is 362 g/mol. The Hall–Kier alpha value is -1.34. The van der Waals surface area contributed by atoms with Crippen molar-refractivity contribution in [3.05, 3.63) is 35.9 Å². The van der Waals surface area contributed by atoms with Gasteiger partial charge in [0.25, 0.3) is 6.57 Å². The van der Waals surface area contributed by atoms with E-state index in [-0.39, 0.29) is 24.2 Å². The maximum atomic E-state index is 12.4. The van der Waals surface area contributed by atoms with Gasteiger partial charge in [0, 0.05) is 12.6 Å². The Balaban J connectivity index is 2.58. The van der Waals surface area contributed by atoms with Crippen molar-refractivity contribution in [1.82, 2.24) is 0 Å². The molecule has 0 aliphatic rings. The molecule has 7 nitrogen and oxygen atoms in total. The van der Waals surface area contributed by atoms with Gasteiger partial charge in [-0.05, 0) is 24.8 Å². The second-order valence-corrected chi connectivity index (χ2v) is 9.07. The number of carbonyl (C=O) groups is 2. The molecule has 0 aliphatic carbocycles. The van der Waals surface area contributed by atoms with Gasteiger partial charge in [0.2, 0.25) is 0 Å². The molecule has 2 unspecified atom stereocenters. The SMILES string of the molecule is O=C(O)CCC(OP(=O)(CCCc1ccccc1)SO)C(=O)O. The fourth-order valence-corrected chi connectivity index (χ4v) is 4.32. The lowest BCUT2D eigenvalue weighted by molar-refractivity contribution is -0.146. The lowest BCUT2D eigenvalue weighted by atomic mass is 10.1. The number of aryl methyl sites for hydroxylation is 1. The second kappa shape index (κ2) is 9.72. The highest BCUT2D eigenvalue weighted by Crippen LogP contribution is 2.59. The molecule has 0 bridgehead atoms. The number of benzene rings is 1. The van der Waals surface area contributed by atoms with Gasteiger partial charge < -0.3 is 19.3 Å². The molecule has 9 heteroatoms. The van der Waals surface area contributed by atoms with Crippen molar-refractivity contribution in [2.45, 2.75) is 31.8 Å². The molecule has 0 saturated carbocycles. The van der Waals surface area contributed by atoms with Crippen LogP contribution < -0.4 is 0 Å². The highest BCUT2D eigenvalue weighted by Gasteiger charge is 2.32. The third-order valence-electron chi connectivity index (χ3n) is 3.05. The van der Waals surface area contributed by atoms with Gasteiger partial charge >= 0.3 is 11.9 Å². The average Bonchev–Trinajstić information content (AvgIpc) is 2.52. The fourth-order valence-electron chi connectivity index (χ4n) is 1.90. The smallest absolute Gasteiger partial charge is 0.333 e.